The first-order valence-corrected chi connectivity index (χ1v) is 17.3. The first-order valence-electron chi connectivity index (χ1n) is 13.7. The molecule has 0 bridgehead atoms. The molecule has 0 saturated heterocycles. The van der Waals surface area contributed by atoms with Gasteiger partial charge in [-0.2, -0.15) is 0 Å². The molecule has 3 aromatic carbocycles. The van der Waals surface area contributed by atoms with Gasteiger partial charge in [0.1, 0.15) is 16.3 Å². The molecular formula is C32H30N4O5S3. The fourth-order valence-corrected chi connectivity index (χ4v) is 7.41. The van der Waals surface area contributed by atoms with E-state index in [4.69, 9.17) is 4.74 Å². The first kappa shape index (κ1) is 31.2. The lowest BCUT2D eigenvalue weighted by Gasteiger charge is -2.11. The van der Waals surface area contributed by atoms with Crippen molar-refractivity contribution < 1.29 is 22.7 Å². The Bertz CT molecular complexity index is 1880. The number of carbonyl (C=O) groups excluding carboxylic acids is 2. The second-order valence-electron chi connectivity index (χ2n) is 9.92. The van der Waals surface area contributed by atoms with Crippen LogP contribution in [0.4, 0.5) is 5.00 Å². The predicted octanol–water partition coefficient (Wildman–Crippen LogP) is 6.49. The zero-order valence-electron chi connectivity index (χ0n) is 24.3. The number of nitrogens with zero attached hydrogens (tertiary/aromatic N) is 3. The molecule has 2 heterocycles. The number of amides is 1. The van der Waals surface area contributed by atoms with Gasteiger partial charge < -0.3 is 10.1 Å². The van der Waals surface area contributed by atoms with Crippen LogP contribution < -0.4 is 5.32 Å². The molecule has 2 aromatic heterocycles. The van der Waals surface area contributed by atoms with Gasteiger partial charge >= 0.3 is 5.97 Å². The molecule has 0 aliphatic heterocycles. The van der Waals surface area contributed by atoms with E-state index in [1.54, 1.807) is 35.8 Å². The Morgan fingerprint density at radius 2 is 1.59 bits per heavy atom. The third kappa shape index (κ3) is 7.09. The van der Waals surface area contributed by atoms with E-state index in [0.717, 1.165) is 28.5 Å². The summed E-state index contributed by atoms with van der Waals surface area (Å²) in [6, 6.07) is 23.6. The van der Waals surface area contributed by atoms with Crippen LogP contribution in [-0.2, 0) is 25.1 Å². The molecule has 0 unspecified atom stereocenters. The molecule has 5 aromatic rings. The van der Waals surface area contributed by atoms with Crippen molar-refractivity contribution in [2.75, 3.05) is 17.7 Å². The second kappa shape index (κ2) is 13.6. The Morgan fingerprint density at radius 3 is 2.25 bits per heavy atom. The van der Waals surface area contributed by atoms with Crippen LogP contribution in [0.5, 0.6) is 0 Å². The Labute approximate surface area is 264 Å². The molecule has 12 heteroatoms. The minimum atomic E-state index is -3.71. The number of sulfone groups is 1. The van der Waals surface area contributed by atoms with E-state index in [-0.39, 0.29) is 34.7 Å². The molecule has 0 radical (unpaired) electrons. The maximum Gasteiger partial charge on any atom is 0.341 e. The first-order chi connectivity index (χ1) is 21.2. The van der Waals surface area contributed by atoms with E-state index >= 15 is 0 Å². The van der Waals surface area contributed by atoms with Crippen LogP contribution in [0.3, 0.4) is 0 Å². The average molecular weight is 647 g/mol. The molecule has 0 saturated carbocycles. The molecule has 0 spiro atoms. The number of thiophene rings is 1. The van der Waals surface area contributed by atoms with Crippen LogP contribution in [0.15, 0.2) is 94.3 Å². The number of thioether (sulfide) groups is 1. The molecule has 0 atom stereocenters. The van der Waals surface area contributed by atoms with Crippen LogP contribution in [0, 0.1) is 13.8 Å². The fourth-order valence-electron chi connectivity index (χ4n) is 4.42. The smallest absolute Gasteiger partial charge is 0.341 e. The topological polar surface area (TPSA) is 120 Å². The van der Waals surface area contributed by atoms with Crippen molar-refractivity contribution >= 4 is 49.8 Å². The lowest BCUT2D eigenvalue weighted by atomic mass is 10.0. The lowest BCUT2D eigenvalue weighted by molar-refractivity contribution is -0.113. The summed E-state index contributed by atoms with van der Waals surface area (Å²) < 4.78 is 33.4. The van der Waals surface area contributed by atoms with Crippen LogP contribution >= 0.6 is 23.1 Å². The van der Waals surface area contributed by atoms with E-state index in [9.17, 15) is 18.0 Å². The monoisotopic (exact) mass is 646 g/mol. The molecule has 1 amide bonds. The van der Waals surface area contributed by atoms with E-state index in [2.05, 4.69) is 15.5 Å². The third-order valence-corrected chi connectivity index (χ3v) is 10.1. The Hall–Kier alpha value is -4.26. The summed E-state index contributed by atoms with van der Waals surface area (Å²) in [5.74, 6) is -1.09. The van der Waals surface area contributed by atoms with E-state index < -0.39 is 15.8 Å². The number of nitrogens with one attached hydrogen (secondary N) is 1. The Kier molecular flexibility index (Phi) is 9.62. The van der Waals surface area contributed by atoms with Crippen molar-refractivity contribution in [2.24, 2.45) is 0 Å². The largest absolute Gasteiger partial charge is 0.462 e. The van der Waals surface area contributed by atoms with E-state index in [1.165, 1.54) is 11.3 Å². The number of rotatable bonds is 11. The van der Waals surface area contributed by atoms with Crippen LogP contribution in [0.25, 0.3) is 16.8 Å². The number of carbonyl (C=O) groups is 2. The zero-order chi connectivity index (χ0) is 31.3. The van der Waals surface area contributed by atoms with Gasteiger partial charge in [-0.3, -0.25) is 9.36 Å². The molecule has 1 N–H and O–H groups in total. The number of benzene rings is 3. The maximum atomic E-state index is 13.2. The SMILES string of the molecule is CCOC(=O)c1c(-c2ccc(C)cc2)csc1NC(=O)CSc1nnc(CS(=O)(=O)c2ccc(C)cc2)n1-c1ccccc1. The molecule has 0 aliphatic carbocycles. The normalized spacial score (nSPS) is 11.3. The molecule has 9 nitrogen and oxygen atoms in total. The predicted molar refractivity (Wildman–Crippen MR) is 173 cm³/mol. The number of anilines is 1. The van der Waals surface area contributed by atoms with Crippen molar-refractivity contribution in [3.8, 4) is 16.8 Å². The number of aryl methyl sites for hydroxylation is 2. The molecular weight excluding hydrogens is 617 g/mol. The molecule has 5 rings (SSSR count). The van der Waals surface area contributed by atoms with Crippen molar-refractivity contribution in [1.29, 1.82) is 0 Å². The number of esters is 1. The molecule has 226 valence electrons. The van der Waals surface area contributed by atoms with Gasteiger partial charge in [0.25, 0.3) is 0 Å². The summed E-state index contributed by atoms with van der Waals surface area (Å²) in [6.07, 6.45) is 0. The molecule has 44 heavy (non-hydrogen) atoms. The van der Waals surface area contributed by atoms with Gasteiger partial charge in [-0.15, -0.1) is 21.5 Å². The van der Waals surface area contributed by atoms with Gasteiger partial charge in [0.2, 0.25) is 5.91 Å². The number of hydrogen-bond acceptors (Lipinski definition) is 9. The maximum absolute atomic E-state index is 13.2. The van der Waals surface area contributed by atoms with Crippen molar-refractivity contribution in [1.82, 2.24) is 14.8 Å². The summed E-state index contributed by atoms with van der Waals surface area (Å²) in [5, 5.41) is 13.9. The number of aromatic nitrogens is 3. The van der Waals surface area contributed by atoms with E-state index in [1.807, 2.05) is 73.8 Å². The Balaban J connectivity index is 1.38. The van der Waals surface area contributed by atoms with E-state index in [0.29, 0.717) is 27.0 Å². The summed E-state index contributed by atoms with van der Waals surface area (Å²) in [5.41, 5.74) is 4.53. The van der Waals surface area contributed by atoms with Crippen molar-refractivity contribution in [3.05, 3.63) is 107 Å². The summed E-state index contributed by atoms with van der Waals surface area (Å²) in [7, 11) is -3.71. The van der Waals surface area contributed by atoms with Gasteiger partial charge in [-0.05, 0) is 50.6 Å². The average Bonchev–Trinajstić information content (AvgIpc) is 3.61. The molecule has 0 fully saturated rings. The molecule has 0 aliphatic rings. The van der Waals surface area contributed by atoms with Gasteiger partial charge in [0, 0.05) is 16.6 Å². The summed E-state index contributed by atoms with van der Waals surface area (Å²) in [4.78, 5) is 26.3. The minimum absolute atomic E-state index is 0.0598. The van der Waals surface area contributed by atoms with Gasteiger partial charge in [-0.1, -0.05) is 77.5 Å². The summed E-state index contributed by atoms with van der Waals surface area (Å²) in [6.45, 7) is 5.80. The lowest BCUT2D eigenvalue weighted by Crippen LogP contribution is -2.17. The van der Waals surface area contributed by atoms with Gasteiger partial charge in [-0.25, -0.2) is 13.2 Å². The van der Waals surface area contributed by atoms with Crippen molar-refractivity contribution in [2.45, 2.75) is 36.6 Å². The Morgan fingerprint density at radius 1 is 0.932 bits per heavy atom. The number of hydrogen-bond donors (Lipinski definition) is 1. The highest BCUT2D eigenvalue weighted by molar-refractivity contribution is 7.99. The second-order valence-corrected chi connectivity index (χ2v) is 13.7. The quantitative estimate of drug-likeness (QED) is 0.128. The highest BCUT2D eigenvalue weighted by Gasteiger charge is 2.25. The van der Waals surface area contributed by atoms with Crippen molar-refractivity contribution in [3.63, 3.8) is 0 Å². The highest BCUT2D eigenvalue weighted by atomic mass is 32.2. The standard InChI is InChI=1S/C32H30N4O5S3/c1-4-41-31(38)29-26(23-14-10-21(2)11-15-23)18-42-30(29)33-28(37)19-43-32-35-34-27(36(32)24-8-6-5-7-9-24)20-44(39,40)25-16-12-22(3)13-17-25/h5-18H,4,19-20H2,1-3H3,(H,33,37). The third-order valence-electron chi connectivity index (χ3n) is 6.63. The number of para-hydroxylation sites is 1. The van der Waals surface area contributed by atoms with Gasteiger partial charge in [0.05, 0.1) is 17.3 Å². The highest BCUT2D eigenvalue weighted by Crippen LogP contribution is 2.36. The minimum Gasteiger partial charge on any atom is -0.462 e. The fraction of sp³-hybridized carbons (Fsp3) is 0.188. The van der Waals surface area contributed by atoms with Crippen LogP contribution in [0.2, 0.25) is 0 Å². The van der Waals surface area contributed by atoms with Crippen LogP contribution in [0.1, 0.15) is 34.2 Å². The summed E-state index contributed by atoms with van der Waals surface area (Å²) >= 11 is 2.36. The van der Waals surface area contributed by atoms with Gasteiger partial charge in [0.15, 0.2) is 20.8 Å². The zero-order valence-corrected chi connectivity index (χ0v) is 26.8. The number of ether oxygens (including phenoxy) is 1. The van der Waals surface area contributed by atoms with Crippen LogP contribution in [-0.4, -0.2) is 47.4 Å².